The van der Waals surface area contributed by atoms with Crippen molar-refractivity contribution in [3.63, 3.8) is 0 Å². The Labute approximate surface area is 137 Å². The number of nitrogens with zero attached hydrogens (tertiary/aromatic N) is 3. The zero-order valence-corrected chi connectivity index (χ0v) is 13.1. The molecule has 0 atom stereocenters. The summed E-state index contributed by atoms with van der Waals surface area (Å²) < 4.78 is 1.55. The molecule has 0 saturated heterocycles. The lowest BCUT2D eigenvalue weighted by molar-refractivity contribution is -0.119. The van der Waals surface area contributed by atoms with Gasteiger partial charge in [0.05, 0.1) is 23.0 Å². The molecular weight excluding hydrogens is 325 g/mol. The number of carbonyl (C=O) groups is 2. The number of rotatable bonds is 6. The third-order valence-corrected chi connectivity index (χ3v) is 4.49. The van der Waals surface area contributed by atoms with Crippen LogP contribution in [0.1, 0.15) is 35.2 Å². The predicted molar refractivity (Wildman–Crippen MR) is 82.3 cm³/mol. The van der Waals surface area contributed by atoms with E-state index in [4.69, 9.17) is 23.2 Å². The van der Waals surface area contributed by atoms with E-state index in [0.29, 0.717) is 21.2 Å². The molecule has 0 N–H and O–H groups in total. The van der Waals surface area contributed by atoms with Crippen LogP contribution in [0.3, 0.4) is 0 Å². The van der Waals surface area contributed by atoms with E-state index in [1.807, 2.05) is 0 Å². The van der Waals surface area contributed by atoms with Crippen molar-refractivity contribution >= 4 is 34.8 Å². The Morgan fingerprint density at radius 3 is 2.68 bits per heavy atom. The van der Waals surface area contributed by atoms with Crippen LogP contribution in [0.15, 0.2) is 24.8 Å². The van der Waals surface area contributed by atoms with E-state index in [2.05, 4.69) is 10.1 Å². The SMILES string of the molecule is O=C(CC(=O)C1CC1)c1ccc(Cl)c(Cl)c1Cn1cncn1. The molecule has 114 valence electrons. The van der Waals surface area contributed by atoms with Crippen molar-refractivity contribution in [3.05, 3.63) is 46.0 Å². The minimum atomic E-state index is -0.231. The summed E-state index contributed by atoms with van der Waals surface area (Å²) in [5.74, 6) is -0.168. The summed E-state index contributed by atoms with van der Waals surface area (Å²) in [5, 5.41) is 4.68. The van der Waals surface area contributed by atoms with E-state index in [1.165, 1.54) is 12.7 Å². The van der Waals surface area contributed by atoms with Gasteiger partial charge in [-0.25, -0.2) is 9.67 Å². The third-order valence-electron chi connectivity index (χ3n) is 3.65. The van der Waals surface area contributed by atoms with Crippen molar-refractivity contribution in [3.8, 4) is 0 Å². The van der Waals surface area contributed by atoms with Gasteiger partial charge >= 0.3 is 0 Å². The average Bonchev–Trinajstić information content (AvgIpc) is 3.22. The molecule has 1 fully saturated rings. The number of hydrogen-bond donors (Lipinski definition) is 0. The fraction of sp³-hybridized carbons (Fsp3) is 0.333. The van der Waals surface area contributed by atoms with Gasteiger partial charge in [-0.15, -0.1) is 0 Å². The fourth-order valence-corrected chi connectivity index (χ4v) is 2.69. The molecule has 1 heterocycles. The maximum atomic E-state index is 12.4. The van der Waals surface area contributed by atoms with Crippen LogP contribution in [-0.4, -0.2) is 26.3 Å². The summed E-state index contributed by atoms with van der Waals surface area (Å²) in [6.07, 6.45) is 4.61. The highest BCUT2D eigenvalue weighted by Crippen LogP contribution is 2.33. The van der Waals surface area contributed by atoms with Crippen molar-refractivity contribution in [2.45, 2.75) is 25.8 Å². The minimum absolute atomic E-state index is 0.00257. The highest BCUT2D eigenvalue weighted by atomic mass is 35.5. The number of ketones is 2. The first kappa shape index (κ1) is 15.2. The van der Waals surface area contributed by atoms with Gasteiger partial charge in [0, 0.05) is 17.0 Å². The summed E-state index contributed by atoms with van der Waals surface area (Å²) >= 11 is 12.3. The van der Waals surface area contributed by atoms with E-state index < -0.39 is 0 Å². The fourth-order valence-electron chi connectivity index (χ4n) is 2.29. The Kier molecular flexibility index (Phi) is 4.27. The summed E-state index contributed by atoms with van der Waals surface area (Å²) in [5.41, 5.74) is 0.979. The second-order valence-electron chi connectivity index (χ2n) is 5.32. The van der Waals surface area contributed by atoms with Gasteiger partial charge < -0.3 is 0 Å². The van der Waals surface area contributed by atoms with Gasteiger partial charge in [0.15, 0.2) is 5.78 Å². The molecule has 0 aliphatic heterocycles. The topological polar surface area (TPSA) is 64.8 Å². The summed E-state index contributed by atoms with van der Waals surface area (Å²) in [7, 11) is 0. The second kappa shape index (κ2) is 6.18. The molecule has 1 saturated carbocycles. The second-order valence-corrected chi connectivity index (χ2v) is 6.11. The first-order chi connectivity index (χ1) is 10.6. The lowest BCUT2D eigenvalue weighted by Gasteiger charge is -2.12. The molecule has 0 radical (unpaired) electrons. The maximum absolute atomic E-state index is 12.4. The van der Waals surface area contributed by atoms with Crippen LogP contribution in [0.2, 0.25) is 10.0 Å². The van der Waals surface area contributed by atoms with Crippen molar-refractivity contribution in [2.24, 2.45) is 5.92 Å². The predicted octanol–water partition coefficient (Wildman–Crippen LogP) is 3.19. The van der Waals surface area contributed by atoms with E-state index in [0.717, 1.165) is 12.8 Å². The number of halogens is 2. The van der Waals surface area contributed by atoms with Crippen LogP contribution >= 0.6 is 23.2 Å². The Hall–Kier alpha value is -1.72. The summed E-state index contributed by atoms with van der Waals surface area (Å²) in [6, 6.07) is 3.19. The monoisotopic (exact) mass is 337 g/mol. The number of hydrogen-bond acceptors (Lipinski definition) is 4. The van der Waals surface area contributed by atoms with Crippen molar-refractivity contribution in [1.29, 1.82) is 0 Å². The van der Waals surface area contributed by atoms with E-state index in [9.17, 15) is 9.59 Å². The highest BCUT2D eigenvalue weighted by molar-refractivity contribution is 6.42. The maximum Gasteiger partial charge on any atom is 0.170 e. The average molecular weight is 338 g/mol. The molecule has 5 nitrogen and oxygen atoms in total. The standard InChI is InChI=1S/C15H13Cl2N3O2/c16-12-4-3-10(14(22)5-13(21)9-1-2-9)11(15(12)17)6-20-8-18-7-19-20/h3-4,7-9H,1-2,5-6H2. The van der Waals surface area contributed by atoms with Gasteiger partial charge in [-0.1, -0.05) is 23.2 Å². The Bertz CT molecular complexity index is 725. The molecule has 22 heavy (non-hydrogen) atoms. The van der Waals surface area contributed by atoms with Gasteiger partial charge in [0.2, 0.25) is 0 Å². The highest BCUT2D eigenvalue weighted by Gasteiger charge is 2.31. The normalized spacial score (nSPS) is 14.1. The first-order valence-corrected chi connectivity index (χ1v) is 7.67. The Morgan fingerprint density at radius 1 is 1.27 bits per heavy atom. The van der Waals surface area contributed by atoms with Crippen LogP contribution in [0.25, 0.3) is 0 Å². The molecular formula is C15H13Cl2N3O2. The molecule has 7 heteroatoms. The quantitative estimate of drug-likeness (QED) is 0.599. The van der Waals surface area contributed by atoms with Crippen LogP contribution in [0, 0.1) is 5.92 Å². The van der Waals surface area contributed by atoms with Crippen molar-refractivity contribution in [2.75, 3.05) is 0 Å². The lowest BCUT2D eigenvalue weighted by atomic mass is 9.98. The smallest absolute Gasteiger partial charge is 0.170 e. The molecule has 0 amide bonds. The zero-order valence-electron chi connectivity index (χ0n) is 11.6. The Balaban J connectivity index is 1.90. The number of benzene rings is 1. The van der Waals surface area contributed by atoms with Gasteiger partial charge in [-0.3, -0.25) is 9.59 Å². The Morgan fingerprint density at radius 2 is 2.05 bits per heavy atom. The zero-order chi connectivity index (χ0) is 15.7. The molecule has 1 aliphatic rings. The van der Waals surface area contributed by atoms with Crippen LogP contribution in [0.5, 0.6) is 0 Å². The lowest BCUT2D eigenvalue weighted by Crippen LogP contribution is -2.14. The van der Waals surface area contributed by atoms with Crippen LogP contribution in [0.4, 0.5) is 0 Å². The van der Waals surface area contributed by atoms with Gasteiger partial charge in [-0.05, 0) is 25.0 Å². The largest absolute Gasteiger partial charge is 0.299 e. The molecule has 1 aliphatic carbocycles. The van der Waals surface area contributed by atoms with E-state index >= 15 is 0 Å². The number of Topliss-reactive ketones (excluding diaryl/α,β-unsaturated/α-hetero) is 2. The molecule has 0 spiro atoms. The summed E-state index contributed by atoms with van der Waals surface area (Å²) in [6.45, 7) is 0.276. The minimum Gasteiger partial charge on any atom is -0.299 e. The molecule has 3 rings (SSSR count). The van der Waals surface area contributed by atoms with E-state index in [1.54, 1.807) is 16.8 Å². The molecule has 1 aromatic carbocycles. The molecule has 0 bridgehead atoms. The first-order valence-electron chi connectivity index (χ1n) is 6.91. The molecule has 0 unspecified atom stereocenters. The number of carbonyl (C=O) groups excluding carboxylic acids is 2. The van der Waals surface area contributed by atoms with Gasteiger partial charge in [0.1, 0.15) is 18.4 Å². The van der Waals surface area contributed by atoms with Gasteiger partial charge in [-0.2, -0.15) is 5.10 Å². The van der Waals surface area contributed by atoms with Crippen molar-refractivity contribution in [1.82, 2.24) is 14.8 Å². The number of aromatic nitrogens is 3. The molecule has 2 aromatic rings. The third kappa shape index (κ3) is 3.20. The van der Waals surface area contributed by atoms with Gasteiger partial charge in [0.25, 0.3) is 0 Å². The van der Waals surface area contributed by atoms with Crippen molar-refractivity contribution < 1.29 is 9.59 Å². The van der Waals surface area contributed by atoms with E-state index in [-0.39, 0.29) is 30.4 Å². The van der Waals surface area contributed by atoms with Crippen LogP contribution in [-0.2, 0) is 11.3 Å². The molecule has 1 aromatic heterocycles. The summed E-state index contributed by atoms with van der Waals surface area (Å²) in [4.78, 5) is 28.2. The van der Waals surface area contributed by atoms with Crippen LogP contribution < -0.4 is 0 Å².